The summed E-state index contributed by atoms with van der Waals surface area (Å²) in [5.74, 6) is 0.416. The predicted octanol–water partition coefficient (Wildman–Crippen LogP) is 0.112. The molecule has 1 aliphatic rings. The average Bonchev–Trinajstić information content (AvgIpc) is 2.68. The number of rotatable bonds is 7. The standard InChI is InChI=1S/C14H30N4O/c1-6-16-14(3,13(15)19)7-8-18-9-11(2)12(10-18)17(4)5/h11-12,16H,6-10H2,1-5H3,(H2,15,19). The summed E-state index contributed by atoms with van der Waals surface area (Å²) in [6.07, 6.45) is 0.767. The molecule has 1 amide bonds. The lowest BCUT2D eigenvalue weighted by Gasteiger charge is -2.29. The highest BCUT2D eigenvalue weighted by molar-refractivity contribution is 5.84. The highest BCUT2D eigenvalue weighted by atomic mass is 16.1. The summed E-state index contributed by atoms with van der Waals surface area (Å²) in [7, 11) is 4.27. The van der Waals surface area contributed by atoms with Crippen LogP contribution >= 0.6 is 0 Å². The van der Waals surface area contributed by atoms with E-state index in [9.17, 15) is 4.79 Å². The van der Waals surface area contributed by atoms with Crippen molar-refractivity contribution < 1.29 is 4.79 Å². The van der Waals surface area contributed by atoms with Gasteiger partial charge < -0.3 is 20.9 Å². The fourth-order valence-corrected chi connectivity index (χ4v) is 2.97. The van der Waals surface area contributed by atoms with E-state index in [4.69, 9.17) is 5.73 Å². The van der Waals surface area contributed by atoms with Crippen molar-refractivity contribution in [3.05, 3.63) is 0 Å². The Hall–Kier alpha value is -0.650. The predicted molar refractivity (Wildman–Crippen MR) is 79.0 cm³/mol. The molecule has 5 nitrogen and oxygen atoms in total. The van der Waals surface area contributed by atoms with Crippen molar-refractivity contribution in [2.45, 2.75) is 38.8 Å². The van der Waals surface area contributed by atoms with E-state index in [1.165, 1.54) is 0 Å². The fraction of sp³-hybridized carbons (Fsp3) is 0.929. The van der Waals surface area contributed by atoms with Crippen LogP contribution in [-0.4, -0.2) is 67.6 Å². The van der Waals surface area contributed by atoms with E-state index < -0.39 is 5.54 Å². The van der Waals surface area contributed by atoms with E-state index >= 15 is 0 Å². The van der Waals surface area contributed by atoms with Gasteiger partial charge in [0.1, 0.15) is 0 Å². The molecule has 3 N–H and O–H groups in total. The van der Waals surface area contributed by atoms with Gasteiger partial charge in [-0.15, -0.1) is 0 Å². The van der Waals surface area contributed by atoms with E-state index in [0.29, 0.717) is 12.0 Å². The van der Waals surface area contributed by atoms with Gasteiger partial charge in [-0.05, 0) is 39.9 Å². The monoisotopic (exact) mass is 270 g/mol. The lowest BCUT2D eigenvalue weighted by Crippen LogP contribution is -2.54. The van der Waals surface area contributed by atoms with Crippen LogP contribution in [-0.2, 0) is 4.79 Å². The maximum atomic E-state index is 11.6. The molecule has 0 aromatic heterocycles. The van der Waals surface area contributed by atoms with Gasteiger partial charge >= 0.3 is 0 Å². The minimum atomic E-state index is -0.589. The van der Waals surface area contributed by atoms with Crippen molar-refractivity contribution in [3.63, 3.8) is 0 Å². The Labute approximate surface area is 117 Å². The summed E-state index contributed by atoms with van der Waals surface area (Å²) in [6, 6.07) is 0.610. The van der Waals surface area contributed by atoms with Gasteiger partial charge in [-0.3, -0.25) is 4.79 Å². The molecule has 1 heterocycles. The van der Waals surface area contributed by atoms with Gasteiger partial charge in [0, 0.05) is 25.7 Å². The zero-order chi connectivity index (χ0) is 14.6. The van der Waals surface area contributed by atoms with Crippen molar-refractivity contribution in [1.29, 1.82) is 0 Å². The first kappa shape index (κ1) is 16.4. The topological polar surface area (TPSA) is 61.6 Å². The Balaban J connectivity index is 2.51. The zero-order valence-corrected chi connectivity index (χ0v) is 13.1. The van der Waals surface area contributed by atoms with Crippen molar-refractivity contribution in [3.8, 4) is 0 Å². The van der Waals surface area contributed by atoms with Crippen molar-refractivity contribution in [1.82, 2.24) is 15.1 Å². The van der Waals surface area contributed by atoms with Crippen LogP contribution < -0.4 is 11.1 Å². The molecule has 19 heavy (non-hydrogen) atoms. The van der Waals surface area contributed by atoms with E-state index in [1.54, 1.807) is 0 Å². The van der Waals surface area contributed by atoms with Crippen molar-refractivity contribution >= 4 is 5.91 Å². The molecule has 5 heteroatoms. The lowest BCUT2D eigenvalue weighted by molar-refractivity contribution is -0.124. The molecule has 1 saturated heterocycles. The zero-order valence-electron chi connectivity index (χ0n) is 13.1. The first-order valence-corrected chi connectivity index (χ1v) is 7.24. The molecule has 0 aromatic rings. The largest absolute Gasteiger partial charge is 0.368 e. The van der Waals surface area contributed by atoms with Gasteiger partial charge in [0.15, 0.2) is 0 Å². The number of nitrogens with two attached hydrogens (primary N) is 1. The smallest absolute Gasteiger partial charge is 0.237 e. The molecule has 0 radical (unpaired) electrons. The molecular weight excluding hydrogens is 240 g/mol. The Kier molecular flexibility index (Phi) is 5.77. The number of nitrogens with one attached hydrogen (secondary N) is 1. The molecule has 1 fully saturated rings. The third kappa shape index (κ3) is 4.16. The average molecular weight is 270 g/mol. The summed E-state index contributed by atoms with van der Waals surface area (Å²) in [5.41, 5.74) is 4.93. The SMILES string of the molecule is CCNC(C)(CCN1CC(C)C(N(C)C)C1)C(N)=O. The van der Waals surface area contributed by atoms with Crippen LogP contribution in [0.5, 0.6) is 0 Å². The minimum absolute atomic E-state index is 0.259. The molecule has 0 saturated carbocycles. The van der Waals surface area contributed by atoms with Crippen molar-refractivity contribution in [2.24, 2.45) is 11.7 Å². The lowest BCUT2D eigenvalue weighted by atomic mass is 9.96. The van der Waals surface area contributed by atoms with Crippen LogP contribution in [0, 0.1) is 5.92 Å². The van der Waals surface area contributed by atoms with Gasteiger partial charge in [-0.1, -0.05) is 13.8 Å². The first-order chi connectivity index (χ1) is 8.80. The molecule has 112 valence electrons. The molecule has 0 bridgehead atoms. The second-order valence-electron chi connectivity index (χ2n) is 6.24. The Bertz CT molecular complexity index is 308. The number of nitrogens with zero attached hydrogens (tertiary/aromatic N) is 2. The maximum absolute atomic E-state index is 11.6. The van der Waals surface area contributed by atoms with Gasteiger partial charge in [0.05, 0.1) is 5.54 Å². The van der Waals surface area contributed by atoms with E-state index in [0.717, 1.165) is 32.6 Å². The first-order valence-electron chi connectivity index (χ1n) is 7.24. The number of carbonyl (C=O) groups is 1. The van der Waals surface area contributed by atoms with Gasteiger partial charge in [0.25, 0.3) is 0 Å². The van der Waals surface area contributed by atoms with Crippen LogP contribution in [0.4, 0.5) is 0 Å². The normalized spacial score (nSPS) is 27.7. The number of hydrogen-bond donors (Lipinski definition) is 2. The van der Waals surface area contributed by atoms with Gasteiger partial charge in [-0.2, -0.15) is 0 Å². The van der Waals surface area contributed by atoms with Crippen molar-refractivity contribution in [2.75, 3.05) is 40.3 Å². The van der Waals surface area contributed by atoms with E-state index in [1.807, 2.05) is 13.8 Å². The molecular formula is C14H30N4O. The van der Waals surface area contributed by atoms with E-state index in [-0.39, 0.29) is 5.91 Å². The number of likely N-dealkylation sites (tertiary alicyclic amines) is 1. The molecule has 3 atom stereocenters. The Morgan fingerprint density at radius 2 is 2.11 bits per heavy atom. The second kappa shape index (κ2) is 6.68. The summed E-state index contributed by atoms with van der Waals surface area (Å²) >= 11 is 0. The number of likely N-dealkylation sites (N-methyl/N-ethyl adjacent to an activating group) is 2. The highest BCUT2D eigenvalue weighted by Crippen LogP contribution is 2.21. The van der Waals surface area contributed by atoms with Gasteiger partial charge in [-0.25, -0.2) is 0 Å². The quantitative estimate of drug-likeness (QED) is 0.689. The number of amides is 1. The third-order valence-electron chi connectivity index (χ3n) is 4.35. The molecule has 0 spiro atoms. The Morgan fingerprint density at radius 1 is 1.47 bits per heavy atom. The molecule has 0 aromatic carbocycles. The highest BCUT2D eigenvalue weighted by Gasteiger charge is 2.34. The van der Waals surface area contributed by atoms with Gasteiger partial charge in [0.2, 0.25) is 5.91 Å². The summed E-state index contributed by atoms with van der Waals surface area (Å²) in [6.45, 7) is 10.1. The van der Waals surface area contributed by atoms with E-state index in [2.05, 4.69) is 36.1 Å². The third-order valence-corrected chi connectivity index (χ3v) is 4.35. The van der Waals surface area contributed by atoms with Crippen LogP contribution in [0.15, 0.2) is 0 Å². The van der Waals surface area contributed by atoms with Crippen LogP contribution in [0.1, 0.15) is 27.2 Å². The minimum Gasteiger partial charge on any atom is -0.368 e. The summed E-state index contributed by atoms with van der Waals surface area (Å²) in [4.78, 5) is 16.3. The number of primary amides is 1. The molecule has 1 rings (SSSR count). The maximum Gasteiger partial charge on any atom is 0.237 e. The summed E-state index contributed by atoms with van der Waals surface area (Å²) in [5, 5.41) is 3.22. The summed E-state index contributed by atoms with van der Waals surface area (Å²) < 4.78 is 0. The molecule has 1 aliphatic heterocycles. The molecule has 0 aliphatic carbocycles. The molecule has 3 unspecified atom stereocenters. The fourth-order valence-electron chi connectivity index (χ4n) is 2.97. The number of hydrogen-bond acceptors (Lipinski definition) is 4. The second-order valence-corrected chi connectivity index (χ2v) is 6.24. The van der Waals surface area contributed by atoms with Crippen LogP contribution in [0.2, 0.25) is 0 Å². The Morgan fingerprint density at radius 3 is 2.53 bits per heavy atom. The van der Waals surface area contributed by atoms with Crippen LogP contribution in [0.25, 0.3) is 0 Å². The number of carbonyl (C=O) groups excluding carboxylic acids is 1. The van der Waals surface area contributed by atoms with Crippen LogP contribution in [0.3, 0.4) is 0 Å².